The van der Waals surface area contributed by atoms with Crippen molar-refractivity contribution in [2.24, 2.45) is 4.99 Å². The number of halogens is 1. The second-order valence-corrected chi connectivity index (χ2v) is 9.30. The highest BCUT2D eigenvalue weighted by Crippen LogP contribution is 2.35. The predicted octanol–water partition coefficient (Wildman–Crippen LogP) is 5.94. The Morgan fingerprint density at radius 2 is 1.62 bits per heavy atom. The summed E-state index contributed by atoms with van der Waals surface area (Å²) in [6.07, 6.45) is 1.73. The average molecular weight is 537 g/mol. The zero-order valence-electron chi connectivity index (χ0n) is 19.6. The van der Waals surface area contributed by atoms with Gasteiger partial charge >= 0.3 is 11.9 Å². The van der Waals surface area contributed by atoms with Crippen LogP contribution in [0.15, 0.2) is 76.6 Å². The number of likely N-dealkylation sites (N-methyl/N-ethyl adjacent to an activating group) is 1. The largest absolute Gasteiger partial charge is 0.487 e. The highest BCUT2D eigenvalue weighted by Gasteiger charge is 2.32. The fraction of sp³-hybridized carbons (Fsp3) is 0.111. The Morgan fingerprint density at radius 3 is 2.19 bits per heavy atom. The molecule has 0 saturated carbocycles. The van der Waals surface area contributed by atoms with Crippen LogP contribution in [0, 0.1) is 0 Å². The number of carbonyl (C=O) groups is 3. The quantitative estimate of drug-likeness (QED) is 0.342. The molecule has 10 heteroatoms. The van der Waals surface area contributed by atoms with Gasteiger partial charge in [-0.2, -0.15) is 0 Å². The molecule has 3 aromatic rings. The van der Waals surface area contributed by atoms with Gasteiger partial charge in [-0.05, 0) is 84.4 Å². The normalized spacial score (nSPS) is 15.4. The molecule has 1 aliphatic heterocycles. The van der Waals surface area contributed by atoms with E-state index in [9.17, 15) is 14.4 Å². The molecule has 0 aromatic heterocycles. The summed E-state index contributed by atoms with van der Waals surface area (Å²) < 4.78 is 5.77. The van der Waals surface area contributed by atoms with Gasteiger partial charge in [-0.1, -0.05) is 29.8 Å². The molecule has 0 unspecified atom stereocenters. The molecule has 3 aromatic carbocycles. The second-order valence-electron chi connectivity index (χ2n) is 7.89. The maximum atomic E-state index is 12.9. The third kappa shape index (κ3) is 6.19. The average Bonchev–Trinajstić information content (AvgIpc) is 3.17. The van der Waals surface area contributed by atoms with Gasteiger partial charge in [-0.25, -0.2) is 14.6 Å². The third-order valence-corrected chi connectivity index (χ3v) is 6.69. The van der Waals surface area contributed by atoms with Gasteiger partial charge in [0.2, 0.25) is 0 Å². The molecule has 1 amide bonds. The number of ether oxygens (including phenoxy) is 1. The van der Waals surface area contributed by atoms with E-state index in [2.05, 4.69) is 4.99 Å². The number of carboxylic acids is 2. The van der Waals surface area contributed by atoms with Crippen LogP contribution >= 0.6 is 23.4 Å². The number of benzene rings is 3. The molecule has 0 aliphatic carbocycles. The minimum atomic E-state index is -1.02. The van der Waals surface area contributed by atoms with Crippen LogP contribution in [0.25, 0.3) is 6.08 Å². The highest BCUT2D eigenvalue weighted by atomic mass is 35.5. The number of hydrogen-bond acceptors (Lipinski definition) is 6. The van der Waals surface area contributed by atoms with Crippen LogP contribution in [0.2, 0.25) is 5.02 Å². The molecule has 2 N–H and O–H groups in total. The highest BCUT2D eigenvalue weighted by molar-refractivity contribution is 8.18. The lowest BCUT2D eigenvalue weighted by atomic mass is 10.1. The molecular formula is C27H21ClN2O6S. The van der Waals surface area contributed by atoms with Crippen molar-refractivity contribution >= 4 is 58.1 Å². The molecule has 8 nitrogen and oxygen atoms in total. The van der Waals surface area contributed by atoms with Crippen LogP contribution < -0.4 is 4.74 Å². The van der Waals surface area contributed by atoms with E-state index in [1.165, 1.54) is 36.0 Å². The van der Waals surface area contributed by atoms with Gasteiger partial charge < -0.3 is 14.9 Å². The minimum absolute atomic E-state index is 0.160. The van der Waals surface area contributed by atoms with E-state index in [1.54, 1.807) is 53.4 Å². The second kappa shape index (κ2) is 11.3. The van der Waals surface area contributed by atoms with Crippen molar-refractivity contribution in [2.75, 3.05) is 6.54 Å². The summed E-state index contributed by atoms with van der Waals surface area (Å²) in [6.45, 7) is 2.49. The molecule has 0 atom stereocenters. The lowest BCUT2D eigenvalue weighted by molar-refractivity contribution is -0.122. The van der Waals surface area contributed by atoms with Crippen molar-refractivity contribution in [2.45, 2.75) is 13.5 Å². The first kappa shape index (κ1) is 26.0. The maximum absolute atomic E-state index is 12.9. The summed E-state index contributed by atoms with van der Waals surface area (Å²) in [6, 6.07) is 17.7. The lowest BCUT2D eigenvalue weighted by Crippen LogP contribution is -2.28. The minimum Gasteiger partial charge on any atom is -0.487 e. The van der Waals surface area contributed by atoms with Crippen LogP contribution in [0.4, 0.5) is 5.69 Å². The molecule has 4 rings (SSSR count). The summed E-state index contributed by atoms with van der Waals surface area (Å²) in [4.78, 5) is 41.5. The number of hydrogen-bond donors (Lipinski definition) is 2. The zero-order valence-corrected chi connectivity index (χ0v) is 21.1. The van der Waals surface area contributed by atoms with E-state index in [0.29, 0.717) is 38.6 Å². The SMILES string of the molecule is CCN1C(=O)C(=Cc2ccc(OCc3ccc(C(=O)O)cc3)c(Cl)c2)SC1=Nc1ccc(C(=O)O)cc1. The van der Waals surface area contributed by atoms with E-state index in [-0.39, 0.29) is 23.6 Å². The molecule has 0 radical (unpaired) electrons. The number of amides is 1. The van der Waals surface area contributed by atoms with Crippen LogP contribution in [0.1, 0.15) is 38.8 Å². The molecule has 1 heterocycles. The monoisotopic (exact) mass is 536 g/mol. The van der Waals surface area contributed by atoms with Crippen molar-refractivity contribution in [1.29, 1.82) is 0 Å². The Labute approximate surface area is 221 Å². The van der Waals surface area contributed by atoms with Gasteiger partial charge in [0, 0.05) is 6.54 Å². The van der Waals surface area contributed by atoms with Gasteiger partial charge in [-0.3, -0.25) is 9.69 Å². The van der Waals surface area contributed by atoms with Gasteiger partial charge in [0.25, 0.3) is 5.91 Å². The first-order valence-corrected chi connectivity index (χ1v) is 12.3. The number of thioether (sulfide) groups is 1. The molecule has 1 saturated heterocycles. The third-order valence-electron chi connectivity index (χ3n) is 5.39. The smallest absolute Gasteiger partial charge is 0.335 e. The van der Waals surface area contributed by atoms with Crippen molar-refractivity contribution in [3.63, 3.8) is 0 Å². The molecule has 0 spiro atoms. The van der Waals surface area contributed by atoms with Crippen LogP contribution in [0.3, 0.4) is 0 Å². The van der Waals surface area contributed by atoms with Gasteiger partial charge in [0.05, 0.1) is 26.7 Å². The van der Waals surface area contributed by atoms with E-state index in [4.69, 9.17) is 26.6 Å². The maximum Gasteiger partial charge on any atom is 0.335 e. The van der Waals surface area contributed by atoms with Gasteiger partial charge in [-0.15, -0.1) is 0 Å². The summed E-state index contributed by atoms with van der Waals surface area (Å²) in [5, 5.41) is 18.9. The van der Waals surface area contributed by atoms with Gasteiger partial charge in [0.1, 0.15) is 12.4 Å². The van der Waals surface area contributed by atoms with E-state index in [1.807, 2.05) is 6.92 Å². The summed E-state index contributed by atoms with van der Waals surface area (Å²) in [5.74, 6) is -1.74. The fourth-order valence-corrected chi connectivity index (χ4v) is 4.75. The predicted molar refractivity (Wildman–Crippen MR) is 143 cm³/mol. The molecule has 37 heavy (non-hydrogen) atoms. The zero-order chi connectivity index (χ0) is 26.5. The Kier molecular flexibility index (Phi) is 7.95. The first-order valence-electron chi connectivity index (χ1n) is 11.1. The summed E-state index contributed by atoms with van der Waals surface area (Å²) in [7, 11) is 0. The van der Waals surface area contributed by atoms with Crippen LogP contribution in [0.5, 0.6) is 5.75 Å². The number of aromatic carboxylic acids is 2. The fourth-order valence-electron chi connectivity index (χ4n) is 3.44. The molecule has 188 valence electrons. The number of carboxylic acid groups (broad SMARTS) is 2. The molecule has 0 bridgehead atoms. The Morgan fingerprint density at radius 1 is 1.00 bits per heavy atom. The topological polar surface area (TPSA) is 117 Å². The number of carbonyl (C=O) groups excluding carboxylic acids is 1. The number of amidine groups is 1. The number of rotatable bonds is 8. The molecular weight excluding hydrogens is 516 g/mol. The van der Waals surface area contributed by atoms with Gasteiger partial charge in [0.15, 0.2) is 5.17 Å². The molecule has 1 fully saturated rings. The standard InChI is InChI=1S/C27H21ClN2O6S/c1-2-30-24(31)23(37-27(30)29-20-10-8-19(9-11-20)26(34)35)14-17-5-12-22(21(28)13-17)36-15-16-3-6-18(7-4-16)25(32)33/h3-14H,2,15H2,1H3,(H,32,33)(H,34,35). The van der Waals surface area contributed by atoms with E-state index < -0.39 is 11.9 Å². The number of nitrogens with zero attached hydrogens (tertiary/aromatic N) is 2. The van der Waals surface area contributed by atoms with Crippen molar-refractivity contribution < 1.29 is 29.3 Å². The van der Waals surface area contributed by atoms with Crippen molar-refractivity contribution in [3.05, 3.63) is 98.9 Å². The summed E-state index contributed by atoms with van der Waals surface area (Å²) in [5.41, 5.74) is 2.41. The Balaban J connectivity index is 1.48. The lowest BCUT2D eigenvalue weighted by Gasteiger charge is -2.12. The first-order chi connectivity index (χ1) is 17.7. The molecule has 1 aliphatic rings. The Hall–Kier alpha value is -4.08. The number of aliphatic imine (C=N–C) groups is 1. The summed E-state index contributed by atoms with van der Waals surface area (Å²) >= 11 is 7.64. The Bertz CT molecular complexity index is 1420. The van der Waals surface area contributed by atoms with E-state index >= 15 is 0 Å². The van der Waals surface area contributed by atoms with Crippen LogP contribution in [-0.4, -0.2) is 44.7 Å². The van der Waals surface area contributed by atoms with Crippen LogP contribution in [-0.2, 0) is 11.4 Å². The van der Waals surface area contributed by atoms with Crippen molar-refractivity contribution in [1.82, 2.24) is 4.90 Å². The van der Waals surface area contributed by atoms with Crippen molar-refractivity contribution in [3.8, 4) is 5.75 Å². The van der Waals surface area contributed by atoms with E-state index in [0.717, 1.165) is 5.56 Å².